The van der Waals surface area contributed by atoms with Crippen LogP contribution in [0, 0.1) is 10.1 Å². The van der Waals surface area contributed by atoms with Gasteiger partial charge < -0.3 is 15.0 Å². The summed E-state index contributed by atoms with van der Waals surface area (Å²) < 4.78 is 4.66. The molecule has 8 heteroatoms. The van der Waals surface area contributed by atoms with E-state index < -0.39 is 10.9 Å². The van der Waals surface area contributed by atoms with Gasteiger partial charge >= 0.3 is 5.97 Å². The second-order valence-corrected chi connectivity index (χ2v) is 6.10. The van der Waals surface area contributed by atoms with Gasteiger partial charge in [0.25, 0.3) is 5.69 Å². The zero-order valence-electron chi connectivity index (χ0n) is 13.4. The maximum atomic E-state index is 12.0. The van der Waals surface area contributed by atoms with Crippen LogP contribution in [0.1, 0.15) is 36.0 Å². The number of ether oxygens (including phenoxy) is 1. The van der Waals surface area contributed by atoms with Crippen molar-refractivity contribution >= 4 is 23.3 Å². The molecule has 2 atom stereocenters. The Bertz CT molecular complexity index is 690. The van der Waals surface area contributed by atoms with E-state index in [9.17, 15) is 19.7 Å². The van der Waals surface area contributed by atoms with Crippen LogP contribution in [0.3, 0.4) is 0 Å². The van der Waals surface area contributed by atoms with Gasteiger partial charge in [-0.2, -0.15) is 0 Å². The summed E-state index contributed by atoms with van der Waals surface area (Å²) in [5, 5.41) is 14.1. The van der Waals surface area contributed by atoms with Gasteiger partial charge in [-0.25, -0.2) is 4.79 Å². The SMILES string of the molecule is COC(=O)c1cc(N2CC(=O)NC3CCCCC32)ccc1[N+](=O)[O-]. The molecule has 24 heavy (non-hydrogen) atoms. The molecular weight excluding hydrogens is 314 g/mol. The zero-order chi connectivity index (χ0) is 17.3. The smallest absolute Gasteiger partial charge is 0.344 e. The number of nitrogens with one attached hydrogen (secondary N) is 1. The minimum absolute atomic E-state index is 0.0730. The van der Waals surface area contributed by atoms with Gasteiger partial charge in [-0.3, -0.25) is 14.9 Å². The van der Waals surface area contributed by atoms with Crippen molar-refractivity contribution in [2.75, 3.05) is 18.6 Å². The maximum Gasteiger partial charge on any atom is 0.344 e. The van der Waals surface area contributed by atoms with Gasteiger partial charge in [0.1, 0.15) is 5.56 Å². The zero-order valence-corrected chi connectivity index (χ0v) is 13.4. The van der Waals surface area contributed by atoms with Gasteiger partial charge in [0.05, 0.1) is 18.6 Å². The van der Waals surface area contributed by atoms with Crippen molar-refractivity contribution in [1.29, 1.82) is 0 Å². The topological polar surface area (TPSA) is 102 Å². The fraction of sp³-hybridized carbons (Fsp3) is 0.500. The van der Waals surface area contributed by atoms with Crippen molar-refractivity contribution < 1.29 is 19.2 Å². The summed E-state index contributed by atoms with van der Waals surface area (Å²) in [6.07, 6.45) is 4.01. The molecule has 1 saturated heterocycles. The van der Waals surface area contributed by atoms with Crippen LogP contribution in [0.2, 0.25) is 0 Å². The van der Waals surface area contributed by atoms with Crippen LogP contribution < -0.4 is 10.2 Å². The molecule has 1 aliphatic carbocycles. The highest BCUT2D eigenvalue weighted by atomic mass is 16.6. The average molecular weight is 333 g/mol. The van der Waals surface area contributed by atoms with Crippen LogP contribution >= 0.6 is 0 Å². The average Bonchev–Trinajstić information content (AvgIpc) is 2.59. The summed E-state index contributed by atoms with van der Waals surface area (Å²) in [5.41, 5.74) is 0.235. The standard InChI is InChI=1S/C16H19N3O5/c1-24-16(21)11-8-10(6-7-13(11)19(22)23)18-9-15(20)17-12-4-2-3-5-14(12)18/h6-8,12,14H,2-5,9H2,1H3,(H,17,20). The lowest BCUT2D eigenvalue weighted by Gasteiger charge is -2.45. The van der Waals surface area contributed by atoms with Gasteiger partial charge in [-0.15, -0.1) is 0 Å². The van der Waals surface area contributed by atoms with Gasteiger partial charge in [-0.1, -0.05) is 12.8 Å². The Kier molecular flexibility index (Phi) is 4.37. The summed E-state index contributed by atoms with van der Waals surface area (Å²) in [7, 11) is 1.18. The molecular formula is C16H19N3O5. The van der Waals surface area contributed by atoms with Crippen LogP contribution in [-0.2, 0) is 9.53 Å². The molecule has 3 rings (SSSR count). The van der Waals surface area contributed by atoms with Crippen molar-refractivity contribution in [2.24, 2.45) is 0 Å². The van der Waals surface area contributed by atoms with E-state index in [0.717, 1.165) is 25.7 Å². The Morgan fingerprint density at radius 3 is 2.83 bits per heavy atom. The molecule has 0 radical (unpaired) electrons. The molecule has 1 aromatic rings. The summed E-state index contributed by atoms with van der Waals surface area (Å²) >= 11 is 0. The van der Waals surface area contributed by atoms with E-state index >= 15 is 0 Å². The number of nitro groups is 1. The number of benzene rings is 1. The monoisotopic (exact) mass is 333 g/mol. The number of carbonyl (C=O) groups is 2. The highest BCUT2D eigenvalue weighted by molar-refractivity contribution is 5.95. The van der Waals surface area contributed by atoms with E-state index in [1.165, 1.54) is 19.2 Å². The fourth-order valence-electron chi connectivity index (χ4n) is 3.60. The van der Waals surface area contributed by atoms with Crippen LogP contribution in [0.15, 0.2) is 18.2 Å². The number of piperazine rings is 1. The van der Waals surface area contributed by atoms with E-state index in [-0.39, 0.29) is 35.8 Å². The third-order valence-corrected chi connectivity index (χ3v) is 4.70. The lowest BCUT2D eigenvalue weighted by Crippen LogP contribution is -2.61. The Balaban J connectivity index is 1.99. The first-order valence-electron chi connectivity index (χ1n) is 7.94. The number of nitro benzene ring substituents is 1. The van der Waals surface area contributed by atoms with Crippen LogP contribution in [0.25, 0.3) is 0 Å². The van der Waals surface area contributed by atoms with Crippen molar-refractivity contribution in [2.45, 2.75) is 37.8 Å². The number of hydrogen-bond acceptors (Lipinski definition) is 6. The Labute approximate surface area is 138 Å². The summed E-state index contributed by atoms with van der Waals surface area (Å²) in [6.45, 7) is 0.180. The predicted molar refractivity (Wildman–Crippen MR) is 86.0 cm³/mol. The molecule has 0 aromatic heterocycles. The van der Waals surface area contributed by atoms with Crippen molar-refractivity contribution in [3.05, 3.63) is 33.9 Å². The molecule has 0 bridgehead atoms. The van der Waals surface area contributed by atoms with Crippen molar-refractivity contribution in [3.8, 4) is 0 Å². The highest BCUT2D eigenvalue weighted by Crippen LogP contribution is 2.32. The molecule has 128 valence electrons. The first-order valence-corrected chi connectivity index (χ1v) is 7.94. The number of rotatable bonds is 3. The Hall–Kier alpha value is -2.64. The maximum absolute atomic E-state index is 12.0. The van der Waals surface area contributed by atoms with Crippen LogP contribution in [-0.4, -0.2) is 42.5 Å². The van der Waals surface area contributed by atoms with Crippen LogP contribution in [0.5, 0.6) is 0 Å². The molecule has 1 aromatic carbocycles. The lowest BCUT2D eigenvalue weighted by molar-refractivity contribution is -0.385. The number of nitrogens with zero attached hydrogens (tertiary/aromatic N) is 2. The number of methoxy groups -OCH3 is 1. The number of carbonyl (C=O) groups excluding carboxylic acids is 2. The van der Waals surface area contributed by atoms with Gasteiger partial charge in [-0.05, 0) is 25.0 Å². The van der Waals surface area contributed by atoms with Crippen molar-refractivity contribution in [3.63, 3.8) is 0 Å². The predicted octanol–water partition coefficient (Wildman–Crippen LogP) is 1.63. The second-order valence-electron chi connectivity index (χ2n) is 6.10. The van der Waals surface area contributed by atoms with Crippen LogP contribution in [0.4, 0.5) is 11.4 Å². The van der Waals surface area contributed by atoms with Gasteiger partial charge in [0, 0.05) is 23.8 Å². The van der Waals surface area contributed by atoms with Crippen molar-refractivity contribution in [1.82, 2.24) is 5.32 Å². The molecule has 8 nitrogen and oxygen atoms in total. The van der Waals surface area contributed by atoms with Gasteiger partial charge in [0.15, 0.2) is 0 Å². The first-order chi connectivity index (χ1) is 11.5. The van der Waals surface area contributed by atoms with E-state index in [2.05, 4.69) is 10.1 Å². The number of esters is 1. The summed E-state index contributed by atoms with van der Waals surface area (Å²) in [4.78, 5) is 36.4. The second kappa shape index (κ2) is 6.46. The quantitative estimate of drug-likeness (QED) is 0.512. The number of anilines is 1. The minimum Gasteiger partial charge on any atom is -0.465 e. The first kappa shape index (κ1) is 16.2. The molecule has 0 spiro atoms. The third kappa shape index (κ3) is 2.91. The minimum atomic E-state index is -0.759. The van der Waals surface area contributed by atoms with E-state index in [1.54, 1.807) is 6.07 Å². The van der Waals surface area contributed by atoms with Gasteiger partial charge in [0.2, 0.25) is 5.91 Å². The molecule has 2 aliphatic rings. The number of fused-ring (bicyclic) bond motifs is 1. The highest BCUT2D eigenvalue weighted by Gasteiger charge is 2.37. The molecule has 2 unspecified atom stereocenters. The number of hydrogen-bond donors (Lipinski definition) is 1. The largest absolute Gasteiger partial charge is 0.465 e. The lowest BCUT2D eigenvalue weighted by atomic mass is 9.87. The van der Waals surface area contributed by atoms with E-state index in [0.29, 0.717) is 5.69 Å². The summed E-state index contributed by atoms with van der Waals surface area (Å²) in [5.74, 6) is -0.832. The molecule has 1 saturated carbocycles. The molecule has 1 amide bonds. The fourth-order valence-corrected chi connectivity index (χ4v) is 3.60. The third-order valence-electron chi connectivity index (χ3n) is 4.70. The van der Waals surface area contributed by atoms with E-state index in [4.69, 9.17) is 0 Å². The Morgan fingerprint density at radius 1 is 1.38 bits per heavy atom. The molecule has 1 N–H and O–H groups in total. The summed E-state index contributed by atoms with van der Waals surface area (Å²) in [6, 6.07) is 4.56. The number of amides is 1. The Morgan fingerprint density at radius 2 is 2.12 bits per heavy atom. The van der Waals surface area contributed by atoms with E-state index in [1.807, 2.05) is 4.90 Å². The molecule has 2 fully saturated rings. The molecule has 1 heterocycles. The molecule has 1 aliphatic heterocycles. The normalized spacial score (nSPS) is 23.2.